The SMILES string of the molecule is Cc1c(F)cccc1NC(C)c1ccc(O)cc1O. The summed E-state index contributed by atoms with van der Waals surface area (Å²) >= 11 is 0. The van der Waals surface area contributed by atoms with Crippen LogP contribution in [0.2, 0.25) is 0 Å². The maximum atomic E-state index is 13.4. The van der Waals surface area contributed by atoms with Crippen LogP contribution in [0.15, 0.2) is 36.4 Å². The lowest BCUT2D eigenvalue weighted by atomic mass is 10.1. The monoisotopic (exact) mass is 261 g/mol. The zero-order valence-electron chi connectivity index (χ0n) is 10.8. The van der Waals surface area contributed by atoms with E-state index in [4.69, 9.17) is 0 Å². The van der Waals surface area contributed by atoms with E-state index in [1.807, 2.05) is 6.92 Å². The summed E-state index contributed by atoms with van der Waals surface area (Å²) in [5.74, 6) is -0.253. The van der Waals surface area contributed by atoms with E-state index < -0.39 is 0 Å². The number of phenolic OH excluding ortho intramolecular Hbond substituents is 2. The number of anilines is 1. The Balaban J connectivity index is 2.25. The fourth-order valence-corrected chi connectivity index (χ4v) is 1.97. The van der Waals surface area contributed by atoms with Crippen molar-refractivity contribution in [3.8, 4) is 11.5 Å². The largest absolute Gasteiger partial charge is 0.508 e. The summed E-state index contributed by atoms with van der Waals surface area (Å²) in [6, 6.07) is 9.04. The van der Waals surface area contributed by atoms with Crippen molar-refractivity contribution in [3.05, 3.63) is 53.3 Å². The Morgan fingerprint density at radius 3 is 2.58 bits per heavy atom. The van der Waals surface area contributed by atoms with Gasteiger partial charge < -0.3 is 15.5 Å². The highest BCUT2D eigenvalue weighted by atomic mass is 19.1. The van der Waals surface area contributed by atoms with Crippen molar-refractivity contribution in [2.24, 2.45) is 0 Å². The van der Waals surface area contributed by atoms with Crippen LogP contribution >= 0.6 is 0 Å². The highest BCUT2D eigenvalue weighted by Gasteiger charge is 2.12. The first-order valence-corrected chi connectivity index (χ1v) is 6.02. The average Bonchev–Trinajstić information content (AvgIpc) is 2.34. The minimum absolute atomic E-state index is 0.00839. The molecule has 0 fully saturated rings. The summed E-state index contributed by atoms with van der Waals surface area (Å²) in [5.41, 5.74) is 1.86. The highest BCUT2D eigenvalue weighted by Crippen LogP contribution is 2.30. The van der Waals surface area contributed by atoms with E-state index in [0.717, 1.165) is 0 Å². The van der Waals surface area contributed by atoms with Gasteiger partial charge in [-0.1, -0.05) is 6.07 Å². The van der Waals surface area contributed by atoms with Crippen molar-refractivity contribution in [2.75, 3.05) is 5.32 Å². The van der Waals surface area contributed by atoms with E-state index in [1.165, 1.54) is 18.2 Å². The van der Waals surface area contributed by atoms with Gasteiger partial charge in [0.25, 0.3) is 0 Å². The van der Waals surface area contributed by atoms with E-state index in [0.29, 0.717) is 16.8 Å². The van der Waals surface area contributed by atoms with Gasteiger partial charge in [0.15, 0.2) is 0 Å². The number of benzene rings is 2. The van der Waals surface area contributed by atoms with Gasteiger partial charge in [-0.2, -0.15) is 0 Å². The molecule has 0 saturated carbocycles. The predicted molar refractivity (Wildman–Crippen MR) is 72.9 cm³/mol. The molecule has 0 aliphatic heterocycles. The van der Waals surface area contributed by atoms with Gasteiger partial charge in [0.2, 0.25) is 0 Å². The van der Waals surface area contributed by atoms with Crippen molar-refractivity contribution in [1.82, 2.24) is 0 Å². The molecule has 1 atom stereocenters. The quantitative estimate of drug-likeness (QED) is 0.789. The Bertz CT molecular complexity index is 599. The Morgan fingerprint density at radius 2 is 1.89 bits per heavy atom. The van der Waals surface area contributed by atoms with Crippen LogP contribution in [0.25, 0.3) is 0 Å². The van der Waals surface area contributed by atoms with Gasteiger partial charge in [-0.05, 0) is 38.1 Å². The number of nitrogens with one attached hydrogen (secondary N) is 1. The van der Waals surface area contributed by atoms with Crippen LogP contribution in [0.3, 0.4) is 0 Å². The molecule has 3 N–H and O–H groups in total. The average molecular weight is 261 g/mol. The van der Waals surface area contributed by atoms with Gasteiger partial charge in [-0.3, -0.25) is 0 Å². The van der Waals surface area contributed by atoms with Gasteiger partial charge in [0, 0.05) is 22.9 Å². The van der Waals surface area contributed by atoms with Gasteiger partial charge in [-0.15, -0.1) is 0 Å². The predicted octanol–water partition coefficient (Wildman–Crippen LogP) is 3.72. The summed E-state index contributed by atoms with van der Waals surface area (Å²) in [4.78, 5) is 0. The second-order valence-electron chi connectivity index (χ2n) is 4.52. The number of phenols is 2. The lowest BCUT2D eigenvalue weighted by molar-refractivity contribution is 0.444. The molecule has 2 rings (SSSR count). The summed E-state index contributed by atoms with van der Waals surface area (Å²) in [6.07, 6.45) is 0. The smallest absolute Gasteiger partial charge is 0.128 e. The lowest BCUT2D eigenvalue weighted by Gasteiger charge is -2.18. The van der Waals surface area contributed by atoms with Crippen LogP contribution in [-0.4, -0.2) is 10.2 Å². The Hall–Kier alpha value is -2.23. The molecule has 0 bridgehead atoms. The normalized spacial score (nSPS) is 12.2. The van der Waals surface area contributed by atoms with Gasteiger partial charge >= 0.3 is 0 Å². The molecule has 0 heterocycles. The molecule has 19 heavy (non-hydrogen) atoms. The molecule has 3 nitrogen and oxygen atoms in total. The Kier molecular flexibility index (Phi) is 3.60. The molecular formula is C15H16FNO2. The van der Waals surface area contributed by atoms with Crippen LogP contribution in [0.5, 0.6) is 11.5 Å². The number of halogens is 1. The molecule has 0 saturated heterocycles. The third kappa shape index (κ3) is 2.78. The van der Waals surface area contributed by atoms with E-state index >= 15 is 0 Å². The summed E-state index contributed by atoms with van der Waals surface area (Å²) in [5, 5.41) is 22.2. The third-order valence-corrected chi connectivity index (χ3v) is 3.12. The number of aromatic hydroxyl groups is 2. The zero-order valence-corrected chi connectivity index (χ0v) is 10.8. The Labute approximate surface area is 111 Å². The fourth-order valence-electron chi connectivity index (χ4n) is 1.97. The van der Waals surface area contributed by atoms with Crippen LogP contribution in [0.1, 0.15) is 24.1 Å². The Morgan fingerprint density at radius 1 is 1.16 bits per heavy atom. The molecule has 0 aromatic heterocycles. The van der Waals surface area contributed by atoms with Gasteiger partial charge in [-0.25, -0.2) is 4.39 Å². The van der Waals surface area contributed by atoms with E-state index in [2.05, 4.69) is 5.32 Å². The van der Waals surface area contributed by atoms with Crippen molar-refractivity contribution in [1.29, 1.82) is 0 Å². The molecule has 0 spiro atoms. The molecule has 2 aromatic carbocycles. The van der Waals surface area contributed by atoms with Crippen LogP contribution in [-0.2, 0) is 0 Å². The number of rotatable bonds is 3. The van der Waals surface area contributed by atoms with Crippen LogP contribution in [0, 0.1) is 12.7 Å². The van der Waals surface area contributed by atoms with E-state index in [9.17, 15) is 14.6 Å². The first-order valence-electron chi connectivity index (χ1n) is 6.02. The second kappa shape index (κ2) is 5.18. The molecule has 0 radical (unpaired) electrons. The molecule has 2 aromatic rings. The second-order valence-corrected chi connectivity index (χ2v) is 4.52. The molecule has 0 aliphatic carbocycles. The van der Waals surface area contributed by atoms with E-state index in [-0.39, 0.29) is 23.4 Å². The van der Waals surface area contributed by atoms with Gasteiger partial charge in [0.05, 0.1) is 6.04 Å². The standard InChI is InChI=1S/C15H16FNO2/c1-9-13(16)4-3-5-14(9)17-10(2)12-7-6-11(18)8-15(12)19/h3-8,10,17-19H,1-2H3. The lowest BCUT2D eigenvalue weighted by Crippen LogP contribution is -2.08. The fraction of sp³-hybridized carbons (Fsp3) is 0.200. The molecule has 100 valence electrons. The first kappa shape index (κ1) is 13.2. The molecular weight excluding hydrogens is 245 g/mol. The van der Waals surface area contributed by atoms with Crippen molar-refractivity contribution >= 4 is 5.69 Å². The topological polar surface area (TPSA) is 52.5 Å². The van der Waals surface area contributed by atoms with Crippen molar-refractivity contribution in [2.45, 2.75) is 19.9 Å². The van der Waals surface area contributed by atoms with Gasteiger partial charge in [0.1, 0.15) is 17.3 Å². The maximum Gasteiger partial charge on any atom is 0.128 e. The van der Waals surface area contributed by atoms with Crippen LogP contribution in [0.4, 0.5) is 10.1 Å². The zero-order chi connectivity index (χ0) is 14.0. The maximum absolute atomic E-state index is 13.4. The van der Waals surface area contributed by atoms with E-state index in [1.54, 1.807) is 25.1 Å². The minimum atomic E-state index is -0.271. The first-order chi connectivity index (χ1) is 8.99. The molecule has 0 aliphatic rings. The van der Waals surface area contributed by atoms with Crippen molar-refractivity contribution < 1.29 is 14.6 Å². The molecule has 0 amide bonds. The summed E-state index contributed by atoms with van der Waals surface area (Å²) in [7, 11) is 0. The molecule has 4 heteroatoms. The molecule has 1 unspecified atom stereocenters. The number of hydrogen-bond donors (Lipinski definition) is 3. The summed E-state index contributed by atoms with van der Waals surface area (Å²) in [6.45, 7) is 3.55. The van der Waals surface area contributed by atoms with Crippen LogP contribution < -0.4 is 5.32 Å². The number of hydrogen-bond acceptors (Lipinski definition) is 3. The summed E-state index contributed by atoms with van der Waals surface area (Å²) < 4.78 is 13.4. The highest BCUT2D eigenvalue weighted by molar-refractivity contribution is 5.53. The van der Waals surface area contributed by atoms with Crippen molar-refractivity contribution in [3.63, 3.8) is 0 Å². The minimum Gasteiger partial charge on any atom is -0.508 e. The third-order valence-electron chi connectivity index (χ3n) is 3.12.